The average molecular weight is 282 g/mol. The predicted octanol–water partition coefficient (Wildman–Crippen LogP) is 0.896. The summed E-state index contributed by atoms with van der Waals surface area (Å²) in [6.07, 6.45) is 3.51. The van der Waals surface area contributed by atoms with Gasteiger partial charge in [0.2, 0.25) is 0 Å². The summed E-state index contributed by atoms with van der Waals surface area (Å²) in [6, 6.07) is 0. The number of aryl methyl sites for hydroxylation is 1. The highest BCUT2D eigenvalue weighted by atomic mass is 16.6. The number of carboxylic acid groups (broad SMARTS) is 1. The summed E-state index contributed by atoms with van der Waals surface area (Å²) in [5.41, 5.74) is 0. The summed E-state index contributed by atoms with van der Waals surface area (Å²) in [5, 5.41) is 19.8. The Labute approximate surface area is 116 Å². The van der Waals surface area contributed by atoms with Crippen molar-refractivity contribution in [3.8, 4) is 0 Å². The number of imidazole rings is 1. The van der Waals surface area contributed by atoms with E-state index in [1.165, 1.54) is 10.8 Å². The first-order valence-corrected chi connectivity index (χ1v) is 6.58. The van der Waals surface area contributed by atoms with Gasteiger partial charge in [-0.15, -0.1) is 0 Å². The van der Waals surface area contributed by atoms with Crippen molar-refractivity contribution in [3.05, 3.63) is 22.1 Å². The van der Waals surface area contributed by atoms with Gasteiger partial charge in [0.1, 0.15) is 12.7 Å². The maximum Gasteiger partial charge on any atom is 0.342 e. The van der Waals surface area contributed by atoms with E-state index >= 15 is 0 Å². The highest BCUT2D eigenvalue weighted by molar-refractivity contribution is 5.69. The summed E-state index contributed by atoms with van der Waals surface area (Å²) in [7, 11) is 0. The summed E-state index contributed by atoms with van der Waals surface area (Å²) in [4.78, 5) is 27.0. The molecule has 1 saturated carbocycles. The Balaban J connectivity index is 1.98. The second-order valence-electron chi connectivity index (χ2n) is 5.14. The average Bonchev–Trinajstić information content (AvgIpc) is 3.07. The normalized spacial score (nSPS) is 14.7. The molecule has 1 aliphatic carbocycles. The largest absolute Gasteiger partial charge is 0.480 e. The van der Waals surface area contributed by atoms with Crippen molar-refractivity contribution in [1.29, 1.82) is 0 Å². The van der Waals surface area contributed by atoms with Gasteiger partial charge in [-0.2, -0.15) is 0 Å². The molecule has 1 heterocycles. The predicted molar refractivity (Wildman–Crippen MR) is 70.4 cm³/mol. The maximum atomic E-state index is 10.9. The molecule has 0 aliphatic heterocycles. The molecule has 0 unspecified atom stereocenters. The topological polar surface area (TPSA) is 102 Å². The fourth-order valence-corrected chi connectivity index (χ4v) is 2.21. The fraction of sp³-hybridized carbons (Fsp3) is 0.667. The Morgan fingerprint density at radius 3 is 2.90 bits per heavy atom. The maximum absolute atomic E-state index is 10.9. The number of hydrogen-bond donors (Lipinski definition) is 1. The molecule has 8 nitrogen and oxygen atoms in total. The van der Waals surface area contributed by atoms with E-state index in [-0.39, 0.29) is 12.4 Å². The van der Waals surface area contributed by atoms with Crippen LogP contribution in [0.25, 0.3) is 0 Å². The van der Waals surface area contributed by atoms with Crippen LogP contribution in [0.5, 0.6) is 0 Å². The minimum atomic E-state index is -0.873. The summed E-state index contributed by atoms with van der Waals surface area (Å²) in [6.45, 7) is 3.27. The van der Waals surface area contributed by atoms with Crippen LogP contribution in [0.2, 0.25) is 0 Å². The number of rotatable bonds is 8. The Morgan fingerprint density at radius 1 is 1.65 bits per heavy atom. The molecule has 0 aromatic carbocycles. The number of carbonyl (C=O) groups is 1. The highest BCUT2D eigenvalue weighted by Gasteiger charge is 2.26. The van der Waals surface area contributed by atoms with Crippen LogP contribution in [-0.4, -0.2) is 50.1 Å². The molecule has 8 heteroatoms. The number of hydrogen-bond acceptors (Lipinski definition) is 5. The molecule has 0 atom stereocenters. The van der Waals surface area contributed by atoms with E-state index in [0.29, 0.717) is 24.8 Å². The van der Waals surface area contributed by atoms with Crippen molar-refractivity contribution in [3.63, 3.8) is 0 Å². The van der Waals surface area contributed by atoms with Crippen LogP contribution in [0.15, 0.2) is 6.20 Å². The van der Waals surface area contributed by atoms with Crippen LogP contribution >= 0.6 is 0 Å². The van der Waals surface area contributed by atoms with Gasteiger partial charge in [-0.25, -0.2) is 9.55 Å². The first-order valence-electron chi connectivity index (χ1n) is 6.58. The van der Waals surface area contributed by atoms with E-state index in [9.17, 15) is 14.9 Å². The molecule has 0 spiro atoms. The van der Waals surface area contributed by atoms with Gasteiger partial charge >= 0.3 is 11.8 Å². The van der Waals surface area contributed by atoms with Crippen LogP contribution in [0, 0.1) is 23.0 Å². The van der Waals surface area contributed by atoms with Crippen molar-refractivity contribution in [2.24, 2.45) is 5.92 Å². The number of aliphatic carboxylic acids is 1. The van der Waals surface area contributed by atoms with Crippen molar-refractivity contribution in [1.82, 2.24) is 14.5 Å². The number of nitrogens with zero attached hydrogens (tertiary/aromatic N) is 4. The van der Waals surface area contributed by atoms with Gasteiger partial charge in [0.05, 0.1) is 6.54 Å². The van der Waals surface area contributed by atoms with Crippen molar-refractivity contribution in [2.75, 3.05) is 19.6 Å². The molecule has 0 amide bonds. The molecule has 1 aromatic heterocycles. The van der Waals surface area contributed by atoms with Gasteiger partial charge in [-0.05, 0) is 23.7 Å². The van der Waals surface area contributed by atoms with Crippen LogP contribution in [0.4, 0.5) is 5.82 Å². The molecule has 1 N–H and O–H groups in total. The number of aromatic nitrogens is 2. The van der Waals surface area contributed by atoms with Crippen LogP contribution in [0.3, 0.4) is 0 Å². The molecule has 1 aliphatic rings. The molecule has 0 saturated heterocycles. The SMILES string of the molecule is Cc1ncc([N+](=O)[O-])n1CCN(CC(=O)O)CC1CC1. The third-order valence-corrected chi connectivity index (χ3v) is 3.43. The smallest absolute Gasteiger partial charge is 0.342 e. The Morgan fingerprint density at radius 2 is 2.35 bits per heavy atom. The standard InChI is InChI=1S/C12H18N4O4/c1-9-13-6-11(16(19)20)15(9)5-4-14(8-12(17)18)7-10-2-3-10/h6,10H,2-5,7-8H2,1H3,(H,17,18). The van der Waals surface area contributed by atoms with Crippen LogP contribution in [-0.2, 0) is 11.3 Å². The third-order valence-electron chi connectivity index (χ3n) is 3.43. The van der Waals surface area contributed by atoms with Gasteiger partial charge in [-0.3, -0.25) is 9.69 Å². The van der Waals surface area contributed by atoms with E-state index < -0.39 is 10.9 Å². The summed E-state index contributed by atoms with van der Waals surface area (Å²) >= 11 is 0. The molecule has 110 valence electrons. The van der Waals surface area contributed by atoms with E-state index in [1.54, 1.807) is 6.92 Å². The van der Waals surface area contributed by atoms with Crippen molar-refractivity contribution >= 4 is 11.8 Å². The first kappa shape index (κ1) is 14.4. The second-order valence-corrected chi connectivity index (χ2v) is 5.14. The molecule has 20 heavy (non-hydrogen) atoms. The monoisotopic (exact) mass is 282 g/mol. The minimum absolute atomic E-state index is 0.0297. The molecular formula is C12H18N4O4. The van der Waals surface area contributed by atoms with E-state index in [0.717, 1.165) is 19.4 Å². The number of carboxylic acids is 1. The molecule has 0 bridgehead atoms. The molecule has 2 rings (SSSR count). The van der Waals surface area contributed by atoms with Crippen molar-refractivity contribution in [2.45, 2.75) is 26.3 Å². The lowest BCUT2D eigenvalue weighted by Gasteiger charge is -2.19. The van der Waals surface area contributed by atoms with Gasteiger partial charge in [0.25, 0.3) is 0 Å². The summed E-state index contributed by atoms with van der Waals surface area (Å²) in [5.74, 6) is 0.221. The second kappa shape index (κ2) is 6.00. The van der Waals surface area contributed by atoms with E-state index in [2.05, 4.69) is 4.98 Å². The zero-order chi connectivity index (χ0) is 14.7. The third kappa shape index (κ3) is 3.77. The Kier molecular flexibility index (Phi) is 4.33. The quantitative estimate of drug-likeness (QED) is 0.561. The lowest BCUT2D eigenvalue weighted by atomic mass is 10.3. The Hall–Kier alpha value is -1.96. The van der Waals surface area contributed by atoms with Crippen LogP contribution in [0.1, 0.15) is 18.7 Å². The lowest BCUT2D eigenvalue weighted by Crippen LogP contribution is -2.34. The van der Waals surface area contributed by atoms with Crippen LogP contribution < -0.4 is 0 Å². The van der Waals surface area contributed by atoms with E-state index in [1.807, 2.05) is 4.90 Å². The zero-order valence-electron chi connectivity index (χ0n) is 11.4. The van der Waals surface area contributed by atoms with Gasteiger partial charge in [-0.1, -0.05) is 0 Å². The molecule has 1 fully saturated rings. The molecule has 0 radical (unpaired) electrons. The lowest BCUT2D eigenvalue weighted by molar-refractivity contribution is -0.392. The Bertz CT molecular complexity index is 510. The number of nitro groups is 1. The van der Waals surface area contributed by atoms with Gasteiger partial charge < -0.3 is 15.2 Å². The first-order chi connectivity index (χ1) is 9.47. The molecule has 1 aromatic rings. The molecular weight excluding hydrogens is 264 g/mol. The van der Waals surface area contributed by atoms with E-state index in [4.69, 9.17) is 5.11 Å². The van der Waals surface area contributed by atoms with Gasteiger partial charge in [0.15, 0.2) is 5.82 Å². The zero-order valence-corrected chi connectivity index (χ0v) is 11.4. The summed E-state index contributed by atoms with van der Waals surface area (Å²) < 4.78 is 1.52. The van der Waals surface area contributed by atoms with Gasteiger partial charge in [0, 0.05) is 20.0 Å². The highest BCUT2D eigenvalue weighted by Crippen LogP contribution is 2.29. The minimum Gasteiger partial charge on any atom is -0.480 e. The fourth-order valence-electron chi connectivity index (χ4n) is 2.21. The van der Waals surface area contributed by atoms with Crippen molar-refractivity contribution < 1.29 is 14.8 Å².